The predicted octanol–water partition coefficient (Wildman–Crippen LogP) is 3.81. The molecule has 0 radical (unpaired) electrons. The smallest absolute Gasteiger partial charge is 0.306 e. The summed E-state index contributed by atoms with van der Waals surface area (Å²) >= 11 is 6.21. The highest BCUT2D eigenvalue weighted by Crippen LogP contribution is 2.30. The lowest BCUT2D eigenvalue weighted by atomic mass is 10.0. The molecule has 8 heteroatoms. The summed E-state index contributed by atoms with van der Waals surface area (Å²) in [7, 11) is -1.48. The van der Waals surface area contributed by atoms with Gasteiger partial charge >= 0.3 is 5.69 Å². The number of nitrogens with one attached hydrogen (secondary N) is 1. The first-order valence-corrected chi connectivity index (χ1v) is 11.3. The standard InChI is InChI=1S/C23H18ClN3O3S/c24-18-10-4-11-19-21(18)22(28)27(23(29)25-19)16-8-3-9-17(14-16)31(30)26-13-5-7-15-6-1-2-12-20(15)26/h1-4,6,8-12,14H,5,7,13H2,(H,25,29). The molecular formula is C23H18ClN3O3S. The molecule has 5 rings (SSSR count). The van der Waals surface area contributed by atoms with Crippen molar-refractivity contribution in [2.24, 2.45) is 0 Å². The van der Waals surface area contributed by atoms with Crippen molar-refractivity contribution in [2.45, 2.75) is 17.7 Å². The highest BCUT2D eigenvalue weighted by molar-refractivity contribution is 7.86. The molecule has 0 saturated heterocycles. The summed E-state index contributed by atoms with van der Waals surface area (Å²) in [6, 6.07) is 19.5. The molecule has 0 fully saturated rings. The van der Waals surface area contributed by atoms with Crippen LogP contribution < -0.4 is 15.6 Å². The number of para-hydroxylation sites is 1. The first-order chi connectivity index (χ1) is 15.0. The fourth-order valence-electron chi connectivity index (χ4n) is 3.99. The minimum Gasteiger partial charge on any atom is -0.306 e. The third kappa shape index (κ3) is 3.40. The lowest BCUT2D eigenvalue weighted by Crippen LogP contribution is -2.34. The average molecular weight is 452 g/mol. The predicted molar refractivity (Wildman–Crippen MR) is 124 cm³/mol. The molecule has 0 spiro atoms. The molecule has 0 aliphatic carbocycles. The first kappa shape index (κ1) is 19.8. The lowest BCUT2D eigenvalue weighted by Gasteiger charge is -2.29. The SMILES string of the molecule is O=c1[nH]c2cccc(Cl)c2c(=O)n1-c1cccc(S(=O)N2CCCc3ccccc32)c1. The van der Waals surface area contributed by atoms with E-state index in [0.717, 1.165) is 28.7 Å². The normalized spacial score (nSPS) is 14.4. The molecule has 0 saturated carbocycles. The van der Waals surface area contributed by atoms with Gasteiger partial charge in [-0.15, -0.1) is 0 Å². The minimum atomic E-state index is -1.48. The van der Waals surface area contributed by atoms with E-state index in [1.54, 1.807) is 42.5 Å². The van der Waals surface area contributed by atoms with Gasteiger partial charge in [0.2, 0.25) is 0 Å². The summed E-state index contributed by atoms with van der Waals surface area (Å²) in [5.41, 5.74) is 1.73. The van der Waals surface area contributed by atoms with Gasteiger partial charge in [0, 0.05) is 6.54 Å². The van der Waals surface area contributed by atoms with E-state index in [2.05, 4.69) is 4.98 Å². The van der Waals surface area contributed by atoms with E-state index in [9.17, 15) is 13.8 Å². The zero-order chi connectivity index (χ0) is 21.5. The number of anilines is 1. The summed E-state index contributed by atoms with van der Waals surface area (Å²) < 4.78 is 16.3. The summed E-state index contributed by atoms with van der Waals surface area (Å²) in [5, 5.41) is 0.498. The van der Waals surface area contributed by atoms with E-state index < -0.39 is 22.2 Å². The van der Waals surface area contributed by atoms with Gasteiger partial charge in [-0.25, -0.2) is 13.6 Å². The molecule has 1 aromatic heterocycles. The van der Waals surface area contributed by atoms with Crippen LogP contribution in [0.15, 0.2) is 81.2 Å². The molecule has 1 unspecified atom stereocenters. The number of fused-ring (bicyclic) bond motifs is 2. The maximum absolute atomic E-state index is 13.4. The molecule has 1 atom stereocenters. The van der Waals surface area contributed by atoms with Crippen LogP contribution in [0.5, 0.6) is 0 Å². The maximum Gasteiger partial charge on any atom is 0.333 e. The number of aromatic nitrogens is 2. The fourth-order valence-corrected chi connectivity index (χ4v) is 5.56. The fraction of sp³-hybridized carbons (Fsp3) is 0.130. The van der Waals surface area contributed by atoms with E-state index in [1.165, 1.54) is 0 Å². The average Bonchev–Trinajstić information content (AvgIpc) is 2.78. The number of hydrogen-bond donors (Lipinski definition) is 1. The minimum absolute atomic E-state index is 0.236. The van der Waals surface area contributed by atoms with Gasteiger partial charge in [-0.2, -0.15) is 0 Å². The number of nitrogens with zero attached hydrogens (tertiary/aromatic N) is 2. The van der Waals surface area contributed by atoms with Gasteiger partial charge < -0.3 is 4.98 Å². The van der Waals surface area contributed by atoms with E-state index >= 15 is 0 Å². The van der Waals surface area contributed by atoms with Crippen molar-refractivity contribution in [1.82, 2.24) is 9.55 Å². The van der Waals surface area contributed by atoms with Gasteiger partial charge in [-0.3, -0.25) is 9.10 Å². The molecule has 4 aromatic rings. The second-order valence-electron chi connectivity index (χ2n) is 7.31. The van der Waals surface area contributed by atoms with Crippen molar-refractivity contribution in [2.75, 3.05) is 10.8 Å². The largest absolute Gasteiger partial charge is 0.333 e. The van der Waals surface area contributed by atoms with Crippen LogP contribution in [0.2, 0.25) is 5.02 Å². The maximum atomic E-state index is 13.4. The van der Waals surface area contributed by atoms with Gasteiger partial charge in [0.05, 0.1) is 32.2 Å². The van der Waals surface area contributed by atoms with E-state index in [-0.39, 0.29) is 10.4 Å². The van der Waals surface area contributed by atoms with Gasteiger partial charge in [-0.05, 0) is 54.8 Å². The number of aryl methyl sites for hydroxylation is 1. The third-order valence-electron chi connectivity index (χ3n) is 5.42. The van der Waals surface area contributed by atoms with Crippen molar-refractivity contribution in [3.63, 3.8) is 0 Å². The highest BCUT2D eigenvalue weighted by Gasteiger charge is 2.23. The Hall–Kier alpha value is -3.16. The summed E-state index contributed by atoms with van der Waals surface area (Å²) in [4.78, 5) is 29.0. The Morgan fingerprint density at radius 3 is 2.65 bits per heavy atom. The molecule has 156 valence electrons. The van der Waals surface area contributed by atoms with Crippen LogP contribution in [0.25, 0.3) is 16.6 Å². The number of hydrogen-bond acceptors (Lipinski definition) is 3. The van der Waals surface area contributed by atoms with Crippen LogP contribution in [0.1, 0.15) is 12.0 Å². The Bertz CT molecular complexity index is 1460. The van der Waals surface area contributed by atoms with Gasteiger partial charge in [0.1, 0.15) is 0 Å². The number of halogens is 1. The van der Waals surface area contributed by atoms with Crippen molar-refractivity contribution in [3.8, 4) is 5.69 Å². The summed E-state index contributed by atoms with van der Waals surface area (Å²) in [6.45, 7) is 0.667. The Morgan fingerprint density at radius 1 is 0.968 bits per heavy atom. The molecule has 1 aliphatic heterocycles. The van der Waals surface area contributed by atoms with Crippen LogP contribution in [-0.2, 0) is 17.4 Å². The number of rotatable bonds is 3. The van der Waals surface area contributed by atoms with Crippen LogP contribution >= 0.6 is 11.6 Å². The molecule has 31 heavy (non-hydrogen) atoms. The molecule has 6 nitrogen and oxygen atoms in total. The first-order valence-electron chi connectivity index (χ1n) is 9.86. The van der Waals surface area contributed by atoms with Crippen molar-refractivity contribution in [1.29, 1.82) is 0 Å². The second kappa shape index (κ2) is 7.83. The van der Waals surface area contributed by atoms with Crippen LogP contribution in [0.3, 0.4) is 0 Å². The van der Waals surface area contributed by atoms with E-state index in [4.69, 9.17) is 11.6 Å². The Kier molecular flexibility index (Phi) is 5.00. The van der Waals surface area contributed by atoms with Crippen LogP contribution in [0.4, 0.5) is 5.69 Å². The number of benzene rings is 3. The lowest BCUT2D eigenvalue weighted by molar-refractivity contribution is 0.672. The molecule has 0 amide bonds. The Balaban J connectivity index is 1.61. The van der Waals surface area contributed by atoms with Gasteiger partial charge in [0.15, 0.2) is 11.0 Å². The Morgan fingerprint density at radius 2 is 1.77 bits per heavy atom. The van der Waals surface area contributed by atoms with E-state index in [1.807, 2.05) is 28.6 Å². The van der Waals surface area contributed by atoms with Crippen molar-refractivity contribution in [3.05, 3.63) is 98.2 Å². The topological polar surface area (TPSA) is 75.2 Å². The molecule has 1 aliphatic rings. The molecular weight excluding hydrogens is 434 g/mol. The van der Waals surface area contributed by atoms with E-state index in [0.29, 0.717) is 22.6 Å². The monoisotopic (exact) mass is 451 g/mol. The van der Waals surface area contributed by atoms with Crippen LogP contribution in [-0.4, -0.2) is 20.3 Å². The zero-order valence-electron chi connectivity index (χ0n) is 16.4. The molecule has 3 aromatic carbocycles. The quantitative estimate of drug-likeness (QED) is 0.514. The highest BCUT2D eigenvalue weighted by atomic mass is 35.5. The summed E-state index contributed by atoms with van der Waals surface area (Å²) in [5.74, 6) is 0. The molecule has 1 N–H and O–H groups in total. The third-order valence-corrected chi connectivity index (χ3v) is 7.17. The van der Waals surface area contributed by atoms with Gasteiger partial charge in [0.25, 0.3) is 5.56 Å². The van der Waals surface area contributed by atoms with Crippen LogP contribution in [0, 0.1) is 0 Å². The van der Waals surface area contributed by atoms with Crippen molar-refractivity contribution >= 4 is 39.2 Å². The zero-order valence-corrected chi connectivity index (χ0v) is 17.9. The Labute approximate surface area is 185 Å². The number of H-pyrrole nitrogens is 1. The van der Waals surface area contributed by atoms with Crippen molar-refractivity contribution < 1.29 is 4.21 Å². The molecule has 2 heterocycles. The molecule has 0 bridgehead atoms. The van der Waals surface area contributed by atoms with Gasteiger partial charge in [-0.1, -0.05) is 41.9 Å². The second-order valence-corrected chi connectivity index (χ2v) is 9.13. The number of aromatic amines is 1. The summed E-state index contributed by atoms with van der Waals surface area (Å²) in [6.07, 6.45) is 1.86.